The smallest absolute Gasteiger partial charge is 0.0409 e. The second-order valence-corrected chi connectivity index (χ2v) is 4.81. The van der Waals surface area contributed by atoms with Crippen molar-refractivity contribution in [3.05, 3.63) is 35.4 Å². The molecular weight excluding hydrogens is 182 g/mol. The van der Waals surface area contributed by atoms with E-state index in [0.29, 0.717) is 0 Å². The highest BCUT2D eigenvalue weighted by Crippen LogP contribution is 2.36. The minimum absolute atomic E-state index is 0.0231. The average molecular weight is 203 g/mol. The molecule has 1 saturated carbocycles. The van der Waals surface area contributed by atoms with Crippen LogP contribution in [0.3, 0.4) is 0 Å². The van der Waals surface area contributed by atoms with Crippen molar-refractivity contribution in [3.63, 3.8) is 0 Å². The van der Waals surface area contributed by atoms with Crippen molar-refractivity contribution < 1.29 is 0 Å². The van der Waals surface area contributed by atoms with E-state index >= 15 is 0 Å². The predicted octanol–water partition coefficient (Wildman–Crippen LogP) is 3.37. The molecule has 2 rings (SSSR count). The second-order valence-electron chi connectivity index (χ2n) is 4.81. The Morgan fingerprint density at radius 1 is 1.13 bits per heavy atom. The van der Waals surface area contributed by atoms with Crippen molar-refractivity contribution in [3.8, 4) is 0 Å². The Kier molecular flexibility index (Phi) is 3.11. The topological polar surface area (TPSA) is 26.0 Å². The zero-order valence-electron chi connectivity index (χ0n) is 9.63. The summed E-state index contributed by atoms with van der Waals surface area (Å²) in [7, 11) is 0. The molecule has 1 fully saturated rings. The van der Waals surface area contributed by atoms with Crippen LogP contribution < -0.4 is 5.73 Å². The molecule has 0 spiro atoms. The third kappa shape index (κ3) is 2.23. The van der Waals surface area contributed by atoms with Gasteiger partial charge in [-0.05, 0) is 30.4 Å². The Morgan fingerprint density at radius 2 is 1.73 bits per heavy atom. The number of aryl methyl sites for hydroxylation is 1. The van der Waals surface area contributed by atoms with Crippen LogP contribution in [0.2, 0.25) is 0 Å². The summed E-state index contributed by atoms with van der Waals surface area (Å²) >= 11 is 0. The first kappa shape index (κ1) is 10.7. The summed E-state index contributed by atoms with van der Waals surface area (Å²) in [6.45, 7) is 2.22. The van der Waals surface area contributed by atoms with E-state index in [1.54, 1.807) is 0 Å². The molecular formula is C14H21N. The summed E-state index contributed by atoms with van der Waals surface area (Å²) in [6.07, 6.45) is 7.27. The molecule has 1 aromatic rings. The minimum atomic E-state index is -0.0231. The molecule has 0 aliphatic heterocycles. The van der Waals surface area contributed by atoms with Crippen LogP contribution in [-0.2, 0) is 12.0 Å². The molecule has 2 N–H and O–H groups in total. The Labute approximate surface area is 92.7 Å². The Hall–Kier alpha value is -0.820. The monoisotopic (exact) mass is 203 g/mol. The molecule has 1 heteroatoms. The summed E-state index contributed by atoms with van der Waals surface area (Å²) in [4.78, 5) is 0. The van der Waals surface area contributed by atoms with E-state index in [2.05, 4.69) is 31.2 Å². The fraction of sp³-hybridized carbons (Fsp3) is 0.571. The van der Waals surface area contributed by atoms with Gasteiger partial charge in [0.1, 0.15) is 0 Å². The normalized spacial score (nSPS) is 19.3. The fourth-order valence-corrected chi connectivity index (χ4v) is 2.59. The maximum Gasteiger partial charge on any atom is 0.0409 e. The van der Waals surface area contributed by atoms with Gasteiger partial charge in [-0.3, -0.25) is 0 Å². The van der Waals surface area contributed by atoms with Gasteiger partial charge in [0, 0.05) is 5.54 Å². The number of hydrogen-bond acceptors (Lipinski definition) is 1. The zero-order chi connectivity index (χ0) is 10.7. The van der Waals surface area contributed by atoms with Gasteiger partial charge in [-0.25, -0.2) is 0 Å². The van der Waals surface area contributed by atoms with Crippen molar-refractivity contribution >= 4 is 0 Å². The van der Waals surface area contributed by atoms with Crippen LogP contribution in [-0.4, -0.2) is 0 Å². The number of benzene rings is 1. The van der Waals surface area contributed by atoms with Gasteiger partial charge < -0.3 is 5.73 Å². The highest BCUT2D eigenvalue weighted by molar-refractivity contribution is 5.29. The van der Waals surface area contributed by atoms with Crippen molar-refractivity contribution in [1.29, 1.82) is 0 Å². The number of nitrogens with two attached hydrogens (primary N) is 1. The third-order valence-electron chi connectivity index (χ3n) is 3.56. The minimum Gasteiger partial charge on any atom is -0.321 e. The van der Waals surface area contributed by atoms with E-state index < -0.39 is 0 Å². The number of hydrogen-bond donors (Lipinski definition) is 1. The van der Waals surface area contributed by atoms with Gasteiger partial charge in [0.25, 0.3) is 0 Å². The first-order chi connectivity index (χ1) is 7.24. The lowest BCUT2D eigenvalue weighted by atomic mass is 9.88. The van der Waals surface area contributed by atoms with E-state index in [1.807, 2.05) is 0 Å². The summed E-state index contributed by atoms with van der Waals surface area (Å²) in [5.41, 5.74) is 9.15. The van der Waals surface area contributed by atoms with E-state index in [4.69, 9.17) is 5.73 Å². The average Bonchev–Trinajstić information content (AvgIpc) is 2.68. The maximum absolute atomic E-state index is 6.40. The standard InChI is InChI=1S/C14H21N/c1-2-5-12-6-8-13(9-7-12)14(15)10-3-4-11-14/h6-9H,2-5,10-11,15H2,1H3. The van der Waals surface area contributed by atoms with Gasteiger partial charge >= 0.3 is 0 Å². The molecule has 0 atom stereocenters. The zero-order valence-corrected chi connectivity index (χ0v) is 9.63. The van der Waals surface area contributed by atoms with Crippen molar-refractivity contribution in [2.45, 2.75) is 51.0 Å². The molecule has 0 unspecified atom stereocenters. The second kappa shape index (κ2) is 4.36. The van der Waals surface area contributed by atoms with Crippen molar-refractivity contribution in [1.82, 2.24) is 0 Å². The van der Waals surface area contributed by atoms with Gasteiger partial charge in [0.15, 0.2) is 0 Å². The van der Waals surface area contributed by atoms with Crippen molar-refractivity contribution in [2.24, 2.45) is 5.73 Å². The Bertz CT molecular complexity index is 307. The molecule has 1 nitrogen and oxygen atoms in total. The predicted molar refractivity (Wildman–Crippen MR) is 64.8 cm³/mol. The van der Waals surface area contributed by atoms with Crippen molar-refractivity contribution in [2.75, 3.05) is 0 Å². The largest absolute Gasteiger partial charge is 0.321 e. The summed E-state index contributed by atoms with van der Waals surface area (Å²) in [5.74, 6) is 0. The summed E-state index contributed by atoms with van der Waals surface area (Å²) in [6, 6.07) is 8.95. The van der Waals surface area contributed by atoms with Crippen LogP contribution in [0, 0.1) is 0 Å². The summed E-state index contributed by atoms with van der Waals surface area (Å²) in [5, 5.41) is 0. The Balaban J connectivity index is 2.15. The van der Waals surface area contributed by atoms with Crippen LogP contribution in [0.15, 0.2) is 24.3 Å². The van der Waals surface area contributed by atoms with Crippen LogP contribution in [0.4, 0.5) is 0 Å². The first-order valence-corrected chi connectivity index (χ1v) is 6.13. The van der Waals surface area contributed by atoms with E-state index in [-0.39, 0.29) is 5.54 Å². The number of rotatable bonds is 3. The molecule has 1 aromatic carbocycles. The van der Waals surface area contributed by atoms with E-state index in [1.165, 1.54) is 36.8 Å². The third-order valence-corrected chi connectivity index (χ3v) is 3.56. The molecule has 0 saturated heterocycles. The molecule has 82 valence electrons. The quantitative estimate of drug-likeness (QED) is 0.801. The van der Waals surface area contributed by atoms with Crippen LogP contribution in [0.25, 0.3) is 0 Å². The Morgan fingerprint density at radius 3 is 2.27 bits per heavy atom. The van der Waals surface area contributed by atoms with Crippen LogP contribution in [0.1, 0.15) is 50.2 Å². The van der Waals surface area contributed by atoms with Crippen LogP contribution >= 0.6 is 0 Å². The van der Waals surface area contributed by atoms with E-state index in [9.17, 15) is 0 Å². The van der Waals surface area contributed by atoms with Gasteiger partial charge in [0.2, 0.25) is 0 Å². The molecule has 1 aliphatic carbocycles. The molecule has 15 heavy (non-hydrogen) atoms. The lowest BCUT2D eigenvalue weighted by Crippen LogP contribution is -2.32. The molecule has 0 heterocycles. The lowest BCUT2D eigenvalue weighted by Gasteiger charge is -2.24. The summed E-state index contributed by atoms with van der Waals surface area (Å²) < 4.78 is 0. The first-order valence-electron chi connectivity index (χ1n) is 6.13. The molecule has 0 bridgehead atoms. The van der Waals surface area contributed by atoms with Gasteiger partial charge in [-0.1, -0.05) is 50.5 Å². The highest BCUT2D eigenvalue weighted by Gasteiger charge is 2.30. The van der Waals surface area contributed by atoms with Gasteiger partial charge in [0.05, 0.1) is 0 Å². The lowest BCUT2D eigenvalue weighted by molar-refractivity contribution is 0.461. The van der Waals surface area contributed by atoms with Gasteiger partial charge in [-0.15, -0.1) is 0 Å². The molecule has 0 radical (unpaired) electrons. The molecule has 1 aliphatic rings. The maximum atomic E-state index is 6.40. The van der Waals surface area contributed by atoms with E-state index in [0.717, 1.165) is 12.8 Å². The van der Waals surface area contributed by atoms with Crippen LogP contribution in [0.5, 0.6) is 0 Å². The molecule has 0 amide bonds. The highest BCUT2D eigenvalue weighted by atomic mass is 14.8. The fourth-order valence-electron chi connectivity index (χ4n) is 2.59. The molecule has 0 aromatic heterocycles. The SMILES string of the molecule is CCCc1ccc(C2(N)CCCC2)cc1. The van der Waals surface area contributed by atoms with Gasteiger partial charge in [-0.2, -0.15) is 0 Å².